The van der Waals surface area contributed by atoms with Gasteiger partial charge in [0.15, 0.2) is 5.82 Å². The Morgan fingerprint density at radius 1 is 1.22 bits per heavy atom. The molecule has 1 atom stereocenters. The van der Waals surface area contributed by atoms with Gasteiger partial charge in [0.25, 0.3) is 0 Å². The van der Waals surface area contributed by atoms with Crippen LogP contribution in [-0.2, 0) is 10.2 Å². The van der Waals surface area contributed by atoms with Gasteiger partial charge in [0.1, 0.15) is 0 Å². The van der Waals surface area contributed by atoms with Crippen LogP contribution in [0, 0.1) is 0 Å². The smallest absolute Gasteiger partial charge is 0.239 e. The normalized spacial score (nSPS) is 22.9. The zero-order chi connectivity index (χ0) is 16.8. The zero-order valence-electron chi connectivity index (χ0n) is 14.8. The molecule has 0 radical (unpaired) electrons. The van der Waals surface area contributed by atoms with Gasteiger partial charge < -0.3 is 9.80 Å². The number of likely N-dealkylation sites (tertiary alicyclic amines) is 1. The van der Waals surface area contributed by atoms with Crippen LogP contribution in [0.4, 0.5) is 5.82 Å². The van der Waals surface area contributed by atoms with E-state index in [0.717, 1.165) is 37.6 Å². The van der Waals surface area contributed by atoms with Crippen molar-refractivity contribution >= 4 is 11.7 Å². The van der Waals surface area contributed by atoms with Gasteiger partial charge in [-0.2, -0.15) is 5.10 Å². The van der Waals surface area contributed by atoms with Crippen molar-refractivity contribution in [3.63, 3.8) is 0 Å². The molecule has 1 aromatic heterocycles. The van der Waals surface area contributed by atoms with Crippen LogP contribution < -0.4 is 4.90 Å². The number of rotatable bonds is 3. The lowest BCUT2D eigenvalue weighted by Gasteiger charge is -2.46. The fraction of sp³-hybridized carbons (Fsp3) is 0.706. The number of hydrogen-bond acceptors (Lipinski definition) is 5. The monoisotopic (exact) mass is 317 g/mol. The van der Waals surface area contributed by atoms with E-state index in [9.17, 15) is 4.79 Å². The number of anilines is 1. The molecule has 0 N–H and O–H groups in total. The lowest BCUT2D eigenvalue weighted by atomic mass is 9.92. The highest BCUT2D eigenvalue weighted by Gasteiger charge is 2.40. The molecule has 2 fully saturated rings. The molecule has 3 heterocycles. The fourth-order valence-electron chi connectivity index (χ4n) is 3.23. The predicted molar refractivity (Wildman–Crippen MR) is 90.5 cm³/mol. The van der Waals surface area contributed by atoms with Crippen molar-refractivity contribution in [3.8, 4) is 0 Å². The van der Waals surface area contributed by atoms with E-state index >= 15 is 0 Å². The summed E-state index contributed by atoms with van der Waals surface area (Å²) in [6, 6.07) is 4.58. The van der Waals surface area contributed by atoms with E-state index in [1.165, 1.54) is 0 Å². The number of hydrogen-bond donors (Lipinski definition) is 0. The molecule has 0 spiro atoms. The first-order valence-corrected chi connectivity index (χ1v) is 8.33. The van der Waals surface area contributed by atoms with E-state index < -0.39 is 0 Å². The highest BCUT2D eigenvalue weighted by Crippen LogP contribution is 2.26. The second-order valence-corrected chi connectivity index (χ2v) is 7.82. The molecule has 1 unspecified atom stereocenters. The second kappa shape index (κ2) is 5.74. The Morgan fingerprint density at radius 3 is 2.39 bits per heavy atom. The Hall–Kier alpha value is -1.69. The number of carbonyl (C=O) groups is 1. The number of amides is 1. The van der Waals surface area contributed by atoms with Crippen molar-refractivity contribution in [2.24, 2.45) is 0 Å². The van der Waals surface area contributed by atoms with E-state index in [0.29, 0.717) is 6.04 Å². The molecule has 126 valence electrons. The molecule has 2 aliphatic heterocycles. The third-order valence-electron chi connectivity index (χ3n) is 5.07. The minimum atomic E-state index is 0.0259. The van der Waals surface area contributed by atoms with E-state index in [1.807, 2.05) is 11.9 Å². The molecule has 0 bridgehead atoms. The lowest BCUT2D eigenvalue weighted by Crippen LogP contribution is -2.61. The van der Waals surface area contributed by atoms with Crippen LogP contribution in [0.2, 0.25) is 0 Å². The first-order valence-electron chi connectivity index (χ1n) is 8.33. The third-order valence-corrected chi connectivity index (χ3v) is 5.07. The summed E-state index contributed by atoms with van der Waals surface area (Å²) >= 11 is 0. The Kier molecular flexibility index (Phi) is 4.04. The van der Waals surface area contributed by atoms with E-state index in [4.69, 9.17) is 0 Å². The number of aromatic nitrogens is 2. The SMILES string of the molecule is CN1CCC(N(C)C2CN(c3ccc(C(C)(C)C)nn3)C2)C1=O. The summed E-state index contributed by atoms with van der Waals surface area (Å²) < 4.78 is 0. The summed E-state index contributed by atoms with van der Waals surface area (Å²) in [5, 5.41) is 8.72. The Balaban J connectivity index is 1.57. The highest BCUT2D eigenvalue weighted by atomic mass is 16.2. The van der Waals surface area contributed by atoms with Gasteiger partial charge >= 0.3 is 0 Å². The molecular formula is C17H27N5O. The van der Waals surface area contributed by atoms with Gasteiger partial charge in [-0.15, -0.1) is 5.10 Å². The molecule has 1 aromatic rings. The minimum absolute atomic E-state index is 0.0259. The van der Waals surface area contributed by atoms with Gasteiger partial charge in [0.2, 0.25) is 5.91 Å². The van der Waals surface area contributed by atoms with E-state index in [1.54, 1.807) is 0 Å². The molecule has 1 amide bonds. The van der Waals surface area contributed by atoms with Gasteiger partial charge in [-0.1, -0.05) is 20.8 Å². The maximum absolute atomic E-state index is 12.1. The average molecular weight is 317 g/mol. The minimum Gasteiger partial charge on any atom is -0.352 e. The lowest BCUT2D eigenvalue weighted by molar-refractivity contribution is -0.131. The Morgan fingerprint density at radius 2 is 1.91 bits per heavy atom. The zero-order valence-corrected chi connectivity index (χ0v) is 14.8. The van der Waals surface area contributed by atoms with Crippen molar-refractivity contribution in [3.05, 3.63) is 17.8 Å². The summed E-state index contributed by atoms with van der Waals surface area (Å²) in [5.74, 6) is 1.18. The molecule has 6 heteroatoms. The molecule has 0 aliphatic carbocycles. The molecule has 0 saturated carbocycles. The largest absolute Gasteiger partial charge is 0.352 e. The topological polar surface area (TPSA) is 52.6 Å². The van der Waals surface area contributed by atoms with Gasteiger partial charge in [-0.25, -0.2) is 0 Å². The van der Waals surface area contributed by atoms with Crippen LogP contribution in [0.25, 0.3) is 0 Å². The number of likely N-dealkylation sites (N-methyl/N-ethyl adjacent to an activating group) is 2. The van der Waals surface area contributed by atoms with Crippen molar-refractivity contribution in [2.45, 2.75) is 44.7 Å². The number of carbonyl (C=O) groups excluding carboxylic acids is 1. The summed E-state index contributed by atoms with van der Waals surface area (Å²) in [5.41, 5.74) is 1.04. The predicted octanol–water partition coefficient (Wildman–Crippen LogP) is 1.13. The standard InChI is InChI=1S/C17H27N5O/c1-17(2,3)14-6-7-15(19-18-14)22-10-12(11-22)21(5)13-8-9-20(4)16(13)23/h6-7,12-13H,8-11H2,1-5H3. The van der Waals surface area contributed by atoms with Crippen LogP contribution in [0.1, 0.15) is 32.9 Å². The first-order chi connectivity index (χ1) is 10.8. The van der Waals surface area contributed by atoms with Crippen molar-refractivity contribution in [2.75, 3.05) is 38.6 Å². The van der Waals surface area contributed by atoms with Crippen molar-refractivity contribution in [1.29, 1.82) is 0 Å². The molecule has 3 rings (SSSR count). The van der Waals surface area contributed by atoms with Crippen molar-refractivity contribution in [1.82, 2.24) is 20.0 Å². The highest BCUT2D eigenvalue weighted by molar-refractivity contribution is 5.83. The molecule has 2 aliphatic rings. The van der Waals surface area contributed by atoms with E-state index in [2.05, 4.69) is 59.9 Å². The maximum atomic E-state index is 12.1. The molecule has 6 nitrogen and oxygen atoms in total. The molecule has 23 heavy (non-hydrogen) atoms. The molecular weight excluding hydrogens is 290 g/mol. The quantitative estimate of drug-likeness (QED) is 0.836. The molecule has 0 aromatic carbocycles. The van der Waals surface area contributed by atoms with Gasteiger partial charge in [0, 0.05) is 38.1 Å². The summed E-state index contributed by atoms with van der Waals surface area (Å²) in [7, 11) is 3.95. The Bertz CT molecular complexity index is 574. The fourth-order valence-corrected chi connectivity index (χ4v) is 3.23. The summed E-state index contributed by atoms with van der Waals surface area (Å²) in [4.78, 5) is 18.4. The number of nitrogens with zero attached hydrogens (tertiary/aromatic N) is 5. The van der Waals surface area contributed by atoms with Crippen LogP contribution in [0.15, 0.2) is 12.1 Å². The molecule has 2 saturated heterocycles. The van der Waals surface area contributed by atoms with Crippen LogP contribution in [0.3, 0.4) is 0 Å². The van der Waals surface area contributed by atoms with Gasteiger partial charge in [-0.3, -0.25) is 9.69 Å². The van der Waals surface area contributed by atoms with Gasteiger partial charge in [-0.05, 0) is 25.6 Å². The third kappa shape index (κ3) is 3.04. The average Bonchev–Trinajstić information content (AvgIpc) is 2.77. The first kappa shape index (κ1) is 16.2. The summed E-state index contributed by atoms with van der Waals surface area (Å²) in [6.45, 7) is 9.11. The van der Waals surface area contributed by atoms with Gasteiger partial charge in [0.05, 0.1) is 11.7 Å². The van der Waals surface area contributed by atoms with Crippen LogP contribution in [-0.4, -0.2) is 71.7 Å². The Labute approximate surface area is 138 Å². The summed E-state index contributed by atoms with van der Waals surface area (Å²) in [6.07, 6.45) is 0.933. The second-order valence-electron chi connectivity index (χ2n) is 7.82. The maximum Gasteiger partial charge on any atom is 0.239 e. The van der Waals surface area contributed by atoms with Crippen LogP contribution >= 0.6 is 0 Å². The van der Waals surface area contributed by atoms with E-state index in [-0.39, 0.29) is 17.4 Å². The van der Waals surface area contributed by atoms with Crippen LogP contribution in [0.5, 0.6) is 0 Å². The van der Waals surface area contributed by atoms with Crippen molar-refractivity contribution < 1.29 is 4.79 Å².